The number of hydrogen-bond acceptors (Lipinski definition) is 6. The van der Waals surface area contributed by atoms with Crippen molar-refractivity contribution in [3.05, 3.63) is 237 Å². The van der Waals surface area contributed by atoms with E-state index in [9.17, 15) is 19.5 Å². The van der Waals surface area contributed by atoms with Crippen LogP contribution in [0.25, 0.3) is 29.4 Å². The monoisotopic (exact) mass is 885 g/mol. The van der Waals surface area contributed by atoms with E-state index in [0.29, 0.717) is 17.3 Å². The van der Waals surface area contributed by atoms with Gasteiger partial charge in [-0.1, -0.05) is 157 Å². The molecule has 0 saturated heterocycles. The number of hydrogen-bond donors (Lipinski definition) is 3. The van der Waals surface area contributed by atoms with Gasteiger partial charge in [-0.15, -0.1) is 0 Å². The maximum absolute atomic E-state index is 12.9. The lowest BCUT2D eigenvalue weighted by Crippen LogP contribution is -2.28. The fourth-order valence-electron chi connectivity index (χ4n) is 7.70. The Balaban J connectivity index is 1.15. The Morgan fingerprint density at radius 2 is 1.09 bits per heavy atom. The number of carboxylic acid groups (broad SMARTS) is 2. The number of benzene rings is 7. The Hall–Kier alpha value is -8.01. The second-order valence-corrected chi connectivity index (χ2v) is 17.3. The maximum atomic E-state index is 12.9. The van der Waals surface area contributed by atoms with E-state index in [4.69, 9.17) is 5.11 Å². The number of thioether (sulfide) groups is 1. The van der Waals surface area contributed by atoms with Gasteiger partial charge in [0.15, 0.2) is 5.17 Å². The highest BCUT2D eigenvalue weighted by molar-refractivity contribution is 8.15. The summed E-state index contributed by atoms with van der Waals surface area (Å²) in [5, 5.41) is 20.0. The number of aryl methyl sites for hydroxylation is 3. The van der Waals surface area contributed by atoms with Crippen LogP contribution in [0.1, 0.15) is 62.1 Å². The van der Waals surface area contributed by atoms with E-state index in [1.54, 1.807) is 6.08 Å². The van der Waals surface area contributed by atoms with Crippen molar-refractivity contribution >= 4 is 81.2 Å². The van der Waals surface area contributed by atoms with Crippen LogP contribution in [-0.4, -0.2) is 38.5 Å². The molecule has 0 aliphatic carbocycles. The summed E-state index contributed by atoms with van der Waals surface area (Å²) in [5.74, 6) is -3.06. The highest BCUT2D eigenvalue weighted by Crippen LogP contribution is 2.37. The van der Waals surface area contributed by atoms with Crippen LogP contribution >= 0.6 is 11.8 Å². The first-order valence-corrected chi connectivity index (χ1v) is 22.4. The number of anilines is 3. The Bertz CT molecular complexity index is 3030. The van der Waals surface area contributed by atoms with E-state index >= 15 is 0 Å². The van der Waals surface area contributed by atoms with Crippen molar-refractivity contribution in [2.75, 3.05) is 4.90 Å². The first-order chi connectivity index (χ1) is 32.0. The van der Waals surface area contributed by atoms with Crippen LogP contribution in [-0.2, 0) is 14.4 Å². The van der Waals surface area contributed by atoms with Crippen LogP contribution in [0.2, 0.25) is 0 Å². The first kappa shape index (κ1) is 44.6. The molecule has 9 heteroatoms. The zero-order chi connectivity index (χ0) is 46.2. The third-order valence-corrected chi connectivity index (χ3v) is 12.3. The summed E-state index contributed by atoms with van der Waals surface area (Å²) in [7, 11) is 0. The highest BCUT2D eigenvalue weighted by atomic mass is 32.2. The summed E-state index contributed by atoms with van der Waals surface area (Å²) < 4.78 is 0. The molecule has 1 aliphatic heterocycles. The molecule has 1 amide bonds. The average molecular weight is 886 g/mol. The Labute approximate surface area is 389 Å². The van der Waals surface area contributed by atoms with Gasteiger partial charge in [0.25, 0.3) is 5.91 Å². The molecule has 1 heterocycles. The average Bonchev–Trinajstić information content (AvgIpc) is 3.67. The van der Waals surface area contributed by atoms with Gasteiger partial charge < -0.3 is 15.1 Å². The quantitative estimate of drug-likeness (QED) is 0.0735. The van der Waals surface area contributed by atoms with Crippen LogP contribution < -0.4 is 10.2 Å². The standard InChI is InChI=1S/C57H47N3O5S/c1-37-11-10-16-45(31-37)50(43-12-6-4-7-13-43)33-40-18-25-47(26-19-40)60(49-29-22-42(23-30-49)35-52-55(63)59-57(58-52)66-53(56(64)65)36-54(61)62)48-27-20-41(21-28-48)34-51(44-14-8-5-9-15-44)46-24-17-38(2)39(3)32-46/h4-35,53H,36H2,1-3H3,(H,61,62)(H,64,65)(H,58,59,63)/b50-33+,51-34+,52-35-. The minimum Gasteiger partial charge on any atom is -0.481 e. The number of nitrogens with zero attached hydrogens (tertiary/aromatic N) is 2. The second kappa shape index (κ2) is 20.2. The Kier molecular flexibility index (Phi) is 13.7. The Morgan fingerprint density at radius 1 is 0.591 bits per heavy atom. The van der Waals surface area contributed by atoms with Gasteiger partial charge in [0.2, 0.25) is 0 Å². The van der Waals surface area contributed by atoms with Crippen LogP contribution in [0.3, 0.4) is 0 Å². The molecule has 7 aromatic rings. The molecule has 0 radical (unpaired) electrons. The number of carboxylic acids is 2. The number of aliphatic carboxylic acids is 2. The Morgan fingerprint density at radius 3 is 1.58 bits per heavy atom. The first-order valence-electron chi connectivity index (χ1n) is 21.5. The third-order valence-electron chi connectivity index (χ3n) is 11.3. The summed E-state index contributed by atoms with van der Waals surface area (Å²) >= 11 is 0.696. The number of amidine groups is 1. The van der Waals surface area contributed by atoms with E-state index in [1.807, 2.05) is 36.4 Å². The molecule has 66 heavy (non-hydrogen) atoms. The van der Waals surface area contributed by atoms with Gasteiger partial charge >= 0.3 is 11.9 Å². The molecule has 1 unspecified atom stereocenters. The number of amides is 1. The normalized spacial score (nSPS) is 13.8. The largest absolute Gasteiger partial charge is 0.481 e. The lowest BCUT2D eigenvalue weighted by Gasteiger charge is -2.26. The summed E-state index contributed by atoms with van der Waals surface area (Å²) in [6.45, 7) is 6.38. The number of aliphatic imine (C=N–C) groups is 1. The molecule has 0 spiro atoms. The zero-order valence-electron chi connectivity index (χ0n) is 36.7. The molecule has 1 atom stereocenters. The van der Waals surface area contributed by atoms with E-state index in [-0.39, 0.29) is 10.9 Å². The number of carbonyl (C=O) groups excluding carboxylic acids is 1. The molecular weight excluding hydrogens is 839 g/mol. The molecule has 326 valence electrons. The minimum atomic E-state index is -1.30. The summed E-state index contributed by atoms with van der Waals surface area (Å²) in [6, 6.07) is 60.7. The van der Waals surface area contributed by atoms with E-state index in [1.165, 1.54) is 16.7 Å². The molecule has 7 aromatic carbocycles. The van der Waals surface area contributed by atoms with Gasteiger partial charge in [-0.05, 0) is 137 Å². The van der Waals surface area contributed by atoms with Gasteiger partial charge in [0.1, 0.15) is 10.9 Å². The fraction of sp³-hybridized carbons (Fsp3) is 0.0877. The fourth-order valence-corrected chi connectivity index (χ4v) is 8.60. The molecule has 0 bridgehead atoms. The molecule has 3 N–H and O–H groups in total. The third kappa shape index (κ3) is 10.8. The molecule has 1 aliphatic rings. The van der Waals surface area contributed by atoms with Crippen LogP contribution in [0.4, 0.5) is 17.1 Å². The minimum absolute atomic E-state index is 0.0407. The molecule has 8 rings (SSSR count). The zero-order valence-corrected chi connectivity index (χ0v) is 37.5. The summed E-state index contributed by atoms with van der Waals surface area (Å²) in [4.78, 5) is 42.2. The van der Waals surface area contributed by atoms with Crippen molar-refractivity contribution in [2.45, 2.75) is 32.4 Å². The number of nitrogens with one attached hydrogen (secondary N) is 1. The molecule has 0 fully saturated rings. The lowest BCUT2D eigenvalue weighted by atomic mass is 9.93. The summed E-state index contributed by atoms with van der Waals surface area (Å²) in [6.07, 6.45) is 5.45. The topological polar surface area (TPSA) is 119 Å². The van der Waals surface area contributed by atoms with E-state index in [2.05, 4.69) is 188 Å². The van der Waals surface area contributed by atoms with Crippen molar-refractivity contribution in [1.29, 1.82) is 0 Å². The van der Waals surface area contributed by atoms with Crippen LogP contribution in [0.15, 0.2) is 187 Å². The highest BCUT2D eigenvalue weighted by Gasteiger charge is 2.29. The van der Waals surface area contributed by atoms with Crippen molar-refractivity contribution in [3.8, 4) is 0 Å². The van der Waals surface area contributed by atoms with Crippen LogP contribution in [0, 0.1) is 20.8 Å². The van der Waals surface area contributed by atoms with Crippen LogP contribution in [0.5, 0.6) is 0 Å². The van der Waals surface area contributed by atoms with Gasteiger partial charge in [-0.2, -0.15) is 0 Å². The molecular formula is C57H47N3O5S. The van der Waals surface area contributed by atoms with Crippen molar-refractivity contribution in [1.82, 2.24) is 5.32 Å². The number of rotatable bonds is 14. The van der Waals surface area contributed by atoms with Crippen molar-refractivity contribution < 1.29 is 24.6 Å². The van der Waals surface area contributed by atoms with E-state index in [0.717, 1.165) is 61.6 Å². The second-order valence-electron chi connectivity index (χ2n) is 16.1. The van der Waals surface area contributed by atoms with Crippen molar-refractivity contribution in [2.24, 2.45) is 4.99 Å². The smallest absolute Gasteiger partial charge is 0.317 e. The van der Waals surface area contributed by atoms with Gasteiger partial charge in [0, 0.05) is 17.1 Å². The molecule has 0 saturated carbocycles. The molecule has 0 aromatic heterocycles. The van der Waals surface area contributed by atoms with Gasteiger partial charge in [0.05, 0.1) is 6.42 Å². The SMILES string of the molecule is Cc1cccc(/C(=C/c2ccc(N(c3ccc(/C=C4\N=C(SC(CC(=O)O)C(=O)O)NC4=O)cc3)c3ccc(/C=C(\c4ccccc4)c4ccc(C)c(C)c4)cc3)cc2)c2ccccc2)c1. The van der Waals surface area contributed by atoms with Crippen molar-refractivity contribution in [3.63, 3.8) is 0 Å². The predicted octanol–water partition coefficient (Wildman–Crippen LogP) is 12.7. The van der Waals surface area contributed by atoms with Gasteiger partial charge in [-0.25, -0.2) is 4.99 Å². The van der Waals surface area contributed by atoms with E-state index < -0.39 is 29.5 Å². The molecule has 8 nitrogen and oxygen atoms in total. The number of carbonyl (C=O) groups is 3. The maximum Gasteiger partial charge on any atom is 0.317 e. The predicted molar refractivity (Wildman–Crippen MR) is 270 cm³/mol. The summed E-state index contributed by atoms with van der Waals surface area (Å²) in [5.41, 5.74) is 16.1. The van der Waals surface area contributed by atoms with Gasteiger partial charge in [-0.3, -0.25) is 19.7 Å². The lowest BCUT2D eigenvalue weighted by molar-refractivity contribution is -0.142.